The second-order valence-electron chi connectivity index (χ2n) is 6.55. The van der Waals surface area contributed by atoms with Crippen LogP contribution in [0.3, 0.4) is 0 Å². The molecular formula is C18H23N5O6S2. The second kappa shape index (κ2) is 10.7. The predicted molar refractivity (Wildman–Crippen MR) is 114 cm³/mol. The maximum atomic E-state index is 12.8. The Balaban J connectivity index is 1.80. The Labute approximate surface area is 184 Å². The molecule has 0 spiro atoms. The number of benzene rings is 1. The van der Waals surface area contributed by atoms with Crippen molar-refractivity contribution in [2.24, 2.45) is 5.16 Å². The number of carbonyl (C=O) groups is 1. The van der Waals surface area contributed by atoms with Crippen LogP contribution in [0.1, 0.15) is 17.8 Å². The van der Waals surface area contributed by atoms with E-state index in [1.807, 2.05) is 0 Å². The van der Waals surface area contributed by atoms with E-state index in [4.69, 9.17) is 14.3 Å². The molecular weight excluding hydrogens is 446 g/mol. The molecule has 2 N–H and O–H groups in total. The third-order valence-corrected chi connectivity index (χ3v) is 6.38. The van der Waals surface area contributed by atoms with Crippen LogP contribution in [0.2, 0.25) is 0 Å². The molecule has 31 heavy (non-hydrogen) atoms. The normalized spacial score (nSPS) is 17.0. The van der Waals surface area contributed by atoms with Gasteiger partial charge in [0.2, 0.25) is 15.2 Å². The number of methoxy groups -OCH3 is 1. The molecule has 1 fully saturated rings. The first-order valence-corrected chi connectivity index (χ1v) is 11.7. The van der Waals surface area contributed by atoms with Gasteiger partial charge >= 0.3 is 0 Å². The lowest BCUT2D eigenvalue weighted by molar-refractivity contribution is -0.110. The summed E-state index contributed by atoms with van der Waals surface area (Å²) in [5, 5.41) is 6.99. The van der Waals surface area contributed by atoms with Crippen LogP contribution < -0.4 is 10.0 Å². The molecule has 0 saturated carbocycles. The van der Waals surface area contributed by atoms with E-state index in [1.165, 1.54) is 31.4 Å². The van der Waals surface area contributed by atoms with Crippen LogP contribution in [-0.2, 0) is 29.1 Å². The average Bonchev–Trinajstić information content (AvgIpc) is 3.40. The molecule has 1 saturated heterocycles. The molecule has 2 heterocycles. The minimum Gasteiger partial charge on any atom is -0.389 e. The summed E-state index contributed by atoms with van der Waals surface area (Å²) in [5.74, 6) is -0.0161. The molecule has 0 bridgehead atoms. The number of hydrogen-bond donors (Lipinski definition) is 2. The van der Waals surface area contributed by atoms with Crippen LogP contribution in [0.4, 0.5) is 5.13 Å². The summed E-state index contributed by atoms with van der Waals surface area (Å²) in [5.41, 5.74) is 0.365. The molecule has 0 radical (unpaired) electrons. The van der Waals surface area contributed by atoms with Crippen molar-refractivity contribution in [1.82, 2.24) is 14.1 Å². The van der Waals surface area contributed by atoms with Crippen molar-refractivity contribution in [1.29, 1.82) is 0 Å². The first kappa shape index (κ1) is 23.2. The summed E-state index contributed by atoms with van der Waals surface area (Å²) in [6.07, 6.45) is 0.411. The number of ether oxygens (including phenoxy) is 2. The fraction of sp³-hybridized carbons (Fsp3) is 0.444. The number of oxime groups is 1. The molecule has 3 rings (SSSR count). The van der Waals surface area contributed by atoms with Crippen molar-refractivity contribution < 1.29 is 27.5 Å². The summed E-state index contributed by atoms with van der Waals surface area (Å²) >= 11 is 1.04. The molecule has 2 aromatic rings. The first-order valence-electron chi connectivity index (χ1n) is 9.41. The number of nitrogens with zero attached hydrogens (tertiary/aromatic N) is 3. The Bertz CT molecular complexity index is 1020. The van der Waals surface area contributed by atoms with Gasteiger partial charge in [0.15, 0.2) is 11.8 Å². The summed E-state index contributed by atoms with van der Waals surface area (Å²) in [6, 6.07) is 5.76. The number of aryl methyl sites for hydroxylation is 1. The second-order valence-corrected chi connectivity index (χ2v) is 9.07. The van der Waals surface area contributed by atoms with Crippen LogP contribution in [0.15, 0.2) is 34.3 Å². The van der Waals surface area contributed by atoms with E-state index < -0.39 is 15.9 Å². The van der Waals surface area contributed by atoms with Crippen molar-refractivity contribution in [2.45, 2.75) is 24.3 Å². The minimum atomic E-state index is -3.70. The van der Waals surface area contributed by atoms with Gasteiger partial charge < -0.3 is 14.3 Å². The monoisotopic (exact) mass is 469 g/mol. The van der Waals surface area contributed by atoms with Gasteiger partial charge in [0.25, 0.3) is 5.91 Å². The van der Waals surface area contributed by atoms with Crippen LogP contribution in [-0.4, -0.2) is 69.0 Å². The Kier molecular flexibility index (Phi) is 8.03. The maximum absolute atomic E-state index is 12.8. The van der Waals surface area contributed by atoms with Gasteiger partial charge in [0, 0.05) is 37.2 Å². The number of carbonyl (C=O) groups excluding carboxylic acids is 1. The van der Waals surface area contributed by atoms with Gasteiger partial charge in [-0.05, 0) is 19.1 Å². The third kappa shape index (κ3) is 6.51. The van der Waals surface area contributed by atoms with Crippen LogP contribution in [0.25, 0.3) is 0 Å². The Hall–Kier alpha value is -2.45. The van der Waals surface area contributed by atoms with Gasteiger partial charge in [-0.2, -0.15) is 4.37 Å². The highest BCUT2D eigenvalue weighted by Gasteiger charge is 2.22. The van der Waals surface area contributed by atoms with E-state index in [2.05, 4.69) is 24.6 Å². The molecule has 1 aromatic carbocycles. The summed E-state index contributed by atoms with van der Waals surface area (Å²) < 4.78 is 41.2. The van der Waals surface area contributed by atoms with Crippen LogP contribution in [0, 0.1) is 6.92 Å². The fourth-order valence-corrected chi connectivity index (χ4v) is 4.19. The first-order chi connectivity index (χ1) is 14.9. The quantitative estimate of drug-likeness (QED) is 0.297. The van der Waals surface area contributed by atoms with Gasteiger partial charge in [0.1, 0.15) is 5.82 Å². The zero-order valence-corrected chi connectivity index (χ0v) is 18.7. The minimum absolute atomic E-state index is 0.0176. The van der Waals surface area contributed by atoms with E-state index in [-0.39, 0.29) is 29.9 Å². The number of sulfonamides is 1. The van der Waals surface area contributed by atoms with Gasteiger partial charge in [-0.1, -0.05) is 17.3 Å². The Morgan fingerprint density at radius 2 is 2.13 bits per heavy atom. The highest BCUT2D eigenvalue weighted by molar-refractivity contribution is 7.89. The zero-order chi connectivity index (χ0) is 22.3. The van der Waals surface area contributed by atoms with Gasteiger partial charge in [-0.15, -0.1) is 0 Å². The lowest BCUT2D eigenvalue weighted by Crippen LogP contribution is -2.27. The SMILES string of the molecule is COCCNS(=O)(=O)c1ccc(/C(=N\O[C@@H]2CCOC2)C(=O)Nc2nc(C)ns2)cc1. The van der Waals surface area contributed by atoms with Crippen molar-refractivity contribution >= 4 is 38.3 Å². The number of aromatic nitrogens is 2. The summed E-state index contributed by atoms with van der Waals surface area (Å²) in [6.45, 7) is 3.06. The van der Waals surface area contributed by atoms with E-state index in [9.17, 15) is 13.2 Å². The van der Waals surface area contributed by atoms with E-state index in [0.29, 0.717) is 36.2 Å². The van der Waals surface area contributed by atoms with E-state index >= 15 is 0 Å². The summed E-state index contributed by atoms with van der Waals surface area (Å²) in [7, 11) is -2.22. The highest BCUT2D eigenvalue weighted by atomic mass is 32.2. The van der Waals surface area contributed by atoms with Gasteiger partial charge in [0.05, 0.1) is 24.7 Å². The molecule has 0 unspecified atom stereocenters. The molecule has 0 aliphatic carbocycles. The van der Waals surface area contributed by atoms with Gasteiger partial charge in [-0.3, -0.25) is 10.1 Å². The van der Waals surface area contributed by atoms with E-state index in [1.54, 1.807) is 6.92 Å². The number of rotatable bonds is 10. The molecule has 1 aromatic heterocycles. The van der Waals surface area contributed by atoms with Gasteiger partial charge in [-0.25, -0.2) is 18.1 Å². The number of anilines is 1. The average molecular weight is 470 g/mol. The van der Waals surface area contributed by atoms with Crippen molar-refractivity contribution in [2.75, 3.05) is 38.8 Å². The maximum Gasteiger partial charge on any atom is 0.280 e. The van der Waals surface area contributed by atoms with Crippen molar-refractivity contribution in [3.8, 4) is 0 Å². The number of amides is 1. The third-order valence-electron chi connectivity index (χ3n) is 4.18. The predicted octanol–water partition coefficient (Wildman–Crippen LogP) is 0.920. The Morgan fingerprint density at radius 3 is 2.74 bits per heavy atom. The van der Waals surface area contributed by atoms with Crippen LogP contribution >= 0.6 is 11.5 Å². The number of nitrogens with one attached hydrogen (secondary N) is 2. The zero-order valence-electron chi connectivity index (χ0n) is 17.0. The molecule has 1 atom stereocenters. The topological polar surface area (TPSA) is 141 Å². The molecule has 11 nitrogen and oxygen atoms in total. The lowest BCUT2D eigenvalue weighted by Gasteiger charge is -2.10. The van der Waals surface area contributed by atoms with Crippen LogP contribution in [0.5, 0.6) is 0 Å². The molecule has 1 aliphatic rings. The standard InChI is InChI=1S/C18H23N5O6S2/c1-12-20-18(30-23-12)21-17(24)16(22-29-14-7-9-28-11-14)13-3-5-15(6-4-13)31(25,26)19-8-10-27-2/h3-6,14,19H,7-11H2,1-2H3,(H,20,21,23,24)/b22-16+/t14-/m1/s1. The molecule has 168 valence electrons. The Morgan fingerprint density at radius 1 is 1.35 bits per heavy atom. The fourth-order valence-electron chi connectivity index (χ4n) is 2.61. The largest absolute Gasteiger partial charge is 0.389 e. The molecule has 13 heteroatoms. The highest BCUT2D eigenvalue weighted by Crippen LogP contribution is 2.16. The molecule has 1 aliphatic heterocycles. The van der Waals surface area contributed by atoms with Crippen molar-refractivity contribution in [3.05, 3.63) is 35.7 Å². The molecule has 1 amide bonds. The van der Waals surface area contributed by atoms with Crippen molar-refractivity contribution in [3.63, 3.8) is 0 Å². The number of hydrogen-bond acceptors (Lipinski definition) is 10. The van der Waals surface area contributed by atoms with E-state index in [0.717, 1.165) is 11.5 Å². The lowest BCUT2D eigenvalue weighted by atomic mass is 10.1. The summed E-state index contributed by atoms with van der Waals surface area (Å²) in [4.78, 5) is 22.5. The smallest absolute Gasteiger partial charge is 0.280 e.